The predicted molar refractivity (Wildman–Crippen MR) is 539 cm³/mol. The number of methoxy groups -OCH3 is 8. The average molecular weight is 1900 g/mol. The first-order valence-corrected chi connectivity index (χ1v) is 48.6. The first-order chi connectivity index (χ1) is 67.6. The molecule has 35 heteroatoms. The molecule has 20 rings (SSSR count). The second-order valence-electron chi connectivity index (χ2n) is 35.0. The second-order valence-corrected chi connectivity index (χ2v) is 37.3. The van der Waals surface area contributed by atoms with E-state index in [2.05, 4.69) is 115 Å². The highest BCUT2D eigenvalue weighted by atomic mass is 32.2. The number of nitrogens with one attached hydrogen (secondary N) is 1. The summed E-state index contributed by atoms with van der Waals surface area (Å²) in [7, 11) is 12.0. The van der Waals surface area contributed by atoms with Crippen molar-refractivity contribution < 1.29 is 55.8 Å². The minimum absolute atomic E-state index is 0.00535. The molecule has 9 heterocycles. The fourth-order valence-corrected chi connectivity index (χ4v) is 17.1. The van der Waals surface area contributed by atoms with E-state index < -0.39 is 9.84 Å². The molecular formula is C104H116N22O12S. The maximum Gasteiger partial charge on any atom is 0.325 e. The van der Waals surface area contributed by atoms with Crippen LogP contribution in [0.3, 0.4) is 0 Å². The fraction of sp³-hybridized carbons (Fsp3) is 0.337. The van der Waals surface area contributed by atoms with Crippen LogP contribution >= 0.6 is 0 Å². The largest absolute Gasteiger partial charge is 0.497 e. The van der Waals surface area contributed by atoms with Gasteiger partial charge in [0, 0.05) is 211 Å². The van der Waals surface area contributed by atoms with Gasteiger partial charge in [0.25, 0.3) is 0 Å². The maximum absolute atomic E-state index is 12.5. The van der Waals surface area contributed by atoms with Crippen molar-refractivity contribution in [3.05, 3.63) is 220 Å². The van der Waals surface area contributed by atoms with Crippen LogP contribution in [-0.4, -0.2) is 215 Å². The van der Waals surface area contributed by atoms with Gasteiger partial charge in [0.2, 0.25) is 0 Å². The molecule has 8 aromatic heterocycles. The van der Waals surface area contributed by atoms with E-state index in [-0.39, 0.29) is 18.3 Å². The van der Waals surface area contributed by atoms with E-state index in [1.165, 1.54) is 57.6 Å². The van der Waals surface area contributed by atoms with Gasteiger partial charge in [-0.25, -0.2) is 28.4 Å². The molecule has 0 amide bonds. The zero-order chi connectivity index (χ0) is 96.6. The highest BCUT2D eigenvalue weighted by molar-refractivity contribution is 7.90. The Balaban J connectivity index is 0.000000128. The van der Waals surface area contributed by atoms with Gasteiger partial charge in [-0.15, -0.1) is 0 Å². The van der Waals surface area contributed by atoms with E-state index in [1.54, 1.807) is 123 Å². The topological polar surface area (TPSA) is 360 Å². The lowest BCUT2D eigenvalue weighted by atomic mass is 9.98. The van der Waals surface area contributed by atoms with Crippen LogP contribution < -0.4 is 68.5 Å². The summed E-state index contributed by atoms with van der Waals surface area (Å²) in [4.78, 5) is 59.2. The molecule has 34 nitrogen and oxygen atoms in total. The van der Waals surface area contributed by atoms with Crippen molar-refractivity contribution in [2.45, 2.75) is 77.9 Å². The molecule has 720 valence electrons. The normalized spacial score (nSPS) is 13.6. The highest BCUT2D eigenvalue weighted by Crippen LogP contribution is 2.44. The summed E-state index contributed by atoms with van der Waals surface area (Å²) in [5, 5.41) is 20.9. The summed E-state index contributed by atoms with van der Waals surface area (Å²) < 4.78 is 79.4. The number of sulfone groups is 1. The summed E-state index contributed by atoms with van der Waals surface area (Å²) in [5.74, 6) is 8.16. The highest BCUT2D eigenvalue weighted by Gasteiger charge is 2.31. The first kappa shape index (κ1) is 95.6. The first-order valence-electron chi connectivity index (χ1n) is 46.6. The van der Waals surface area contributed by atoms with Gasteiger partial charge in [-0.2, -0.15) is 20.4 Å². The summed E-state index contributed by atoms with van der Waals surface area (Å²) in [5.41, 5.74) is 26.4. The number of rotatable bonds is 36. The molecule has 0 radical (unpaired) electrons. The average Bonchev–Trinajstić information content (AvgIpc) is 1.76. The lowest BCUT2D eigenvalue weighted by Crippen LogP contribution is -2.29. The summed E-state index contributed by atoms with van der Waals surface area (Å²) in [6.07, 6.45) is 33.0. The molecule has 8 aromatic carbocycles. The van der Waals surface area contributed by atoms with Crippen LogP contribution in [0.2, 0.25) is 0 Å². The monoisotopic (exact) mass is 1900 g/mol. The van der Waals surface area contributed by atoms with Gasteiger partial charge in [-0.05, 0) is 168 Å². The molecule has 16 aromatic rings. The van der Waals surface area contributed by atoms with Gasteiger partial charge in [0.15, 0.2) is 0 Å². The van der Waals surface area contributed by atoms with E-state index in [9.17, 15) is 13.2 Å². The number of hydrogen-bond donors (Lipinski definition) is 2. The standard InChI is InChI=1S/C29H34N6O2.C26H29N5O4S.C25H28N6O2.C24H25N5O4/c1-36-25-11-24(12-26(14-25)37-2)35(18-20-3-4-20)23-5-6-27-28(13-23)33-29(16-31-27)22-15-32-34(19-22)17-21-7-9-30-10-8-21;1-34-22-10-21(11-23(13-22)35-2)31(16-18-4-5-18)20-6-7-24-25(12-20)29-26(15-27-24)19-14-28-30(17-19)8-9-36(3,32)33;1-32-21-9-20(10-22(12-21)33-2)31(15-17-3-4-17)19-5-6-23-24(11-19)29-25(14-27-23)18-13-28-30(16-18)8-7-26;1-5-33-24(30)15-29(18-8-19(31-3)11-20(9-18)32-4)17-6-7-21-22(10-17)27-23(13-25-21)16-12-26-28(2)14-16/h5-6,11-16,19-21,30H,3-4,7-10,17-18H2,1-2H3;6-7,10-15,17-18H,4-5,8-9,16H2,1-3H3;5-6,9-14,16-17H,3-4,7-8,15,26H2,1-2H3;6-14H,5,15H2,1-4H3. The van der Waals surface area contributed by atoms with Crippen LogP contribution in [0.4, 0.5) is 45.5 Å². The third-order valence-corrected chi connectivity index (χ3v) is 25.6. The molecule has 4 fully saturated rings. The Morgan fingerprint density at radius 3 is 0.993 bits per heavy atom. The minimum Gasteiger partial charge on any atom is -0.497 e. The number of nitrogens with two attached hydrogens (primary N) is 1. The molecule has 1 saturated heterocycles. The van der Waals surface area contributed by atoms with E-state index >= 15 is 0 Å². The lowest BCUT2D eigenvalue weighted by Gasteiger charge is -2.26. The van der Waals surface area contributed by atoms with Gasteiger partial charge in [-0.3, -0.25) is 43.5 Å². The lowest BCUT2D eigenvalue weighted by molar-refractivity contribution is -0.141. The number of carbonyl (C=O) groups is 1. The number of anilines is 8. The van der Waals surface area contributed by atoms with Crippen LogP contribution in [0.25, 0.3) is 89.2 Å². The van der Waals surface area contributed by atoms with Gasteiger partial charge in [0.1, 0.15) is 62.4 Å². The van der Waals surface area contributed by atoms with Crippen molar-refractivity contribution in [3.8, 4) is 91.0 Å². The third kappa shape index (κ3) is 24.7. The number of esters is 1. The van der Waals surface area contributed by atoms with Crippen LogP contribution in [0.5, 0.6) is 46.0 Å². The summed E-state index contributed by atoms with van der Waals surface area (Å²) >= 11 is 0. The molecule has 0 unspecified atom stereocenters. The van der Waals surface area contributed by atoms with Gasteiger partial charge in [-0.1, -0.05) is 0 Å². The van der Waals surface area contributed by atoms with E-state index in [1.807, 2.05) is 132 Å². The van der Waals surface area contributed by atoms with Crippen molar-refractivity contribution in [1.82, 2.24) is 84.3 Å². The van der Waals surface area contributed by atoms with Crippen molar-refractivity contribution in [3.63, 3.8) is 0 Å². The molecule has 0 atom stereocenters. The summed E-state index contributed by atoms with van der Waals surface area (Å²) in [6, 6.07) is 47.7. The van der Waals surface area contributed by atoms with Crippen LogP contribution in [0, 0.1) is 23.7 Å². The zero-order valence-corrected chi connectivity index (χ0v) is 80.9. The predicted octanol–water partition coefficient (Wildman–Crippen LogP) is 16.9. The number of piperidine rings is 1. The smallest absolute Gasteiger partial charge is 0.325 e. The van der Waals surface area contributed by atoms with Crippen LogP contribution in [-0.2, 0) is 46.1 Å². The number of ether oxygens (including phenoxy) is 9. The number of carbonyl (C=O) groups excluding carboxylic acids is 1. The number of nitrogens with zero attached hydrogens (tertiary/aromatic N) is 20. The van der Waals surface area contributed by atoms with Gasteiger partial charge < -0.3 is 73.3 Å². The van der Waals surface area contributed by atoms with Gasteiger partial charge >= 0.3 is 5.97 Å². The fourth-order valence-electron chi connectivity index (χ4n) is 16.5. The van der Waals surface area contributed by atoms with Crippen molar-refractivity contribution in [2.75, 3.05) is 141 Å². The van der Waals surface area contributed by atoms with Crippen molar-refractivity contribution in [1.29, 1.82) is 0 Å². The third-order valence-electron chi connectivity index (χ3n) is 24.7. The molecule has 3 saturated carbocycles. The molecule has 3 N–H and O–H groups in total. The number of benzene rings is 8. The Hall–Kier alpha value is -15.1. The van der Waals surface area contributed by atoms with Crippen molar-refractivity contribution in [2.24, 2.45) is 36.5 Å². The van der Waals surface area contributed by atoms with E-state index in [0.29, 0.717) is 78.3 Å². The zero-order valence-electron chi connectivity index (χ0n) is 80.1. The molecular weight excluding hydrogens is 1780 g/mol. The molecule has 0 spiro atoms. The number of aryl methyl sites for hydroxylation is 2. The van der Waals surface area contributed by atoms with E-state index in [4.69, 9.17) is 73.3 Å². The SMILES string of the molecule is CCOC(=O)CN(c1cc(OC)cc(OC)c1)c1ccc2ncc(-c3cnn(C)c3)nc2c1.COc1cc(OC)cc(N(CC2CC2)c2ccc3ncc(-c4cnn(CC5CCNCC5)c4)nc3c2)c1.COc1cc(OC)cc(N(CC2CC2)c2ccc3ncc(-c4cnn(CCN)c4)nc3c2)c1.COc1cc(OC)cc(N(CC2CC2)c2ccc3ncc(-c4cnn(CCS(C)(=O)=O)c4)nc3c2)c1. The van der Waals surface area contributed by atoms with E-state index in [0.717, 1.165) is 192 Å². The summed E-state index contributed by atoms with van der Waals surface area (Å²) in [6.45, 7) is 9.50. The molecule has 1 aliphatic heterocycles. The maximum atomic E-state index is 12.5. The number of fused-ring (bicyclic) bond motifs is 4. The minimum atomic E-state index is -3.06. The molecule has 4 aliphatic rings. The Morgan fingerprint density at radius 2 is 0.683 bits per heavy atom. The molecule has 3 aliphatic carbocycles. The Bertz CT molecular complexity index is 7010. The number of hydrogen-bond acceptors (Lipinski definition) is 30. The quantitative estimate of drug-likeness (QED) is 0.0344. The van der Waals surface area contributed by atoms with Crippen molar-refractivity contribution >= 4 is 105 Å². The molecule has 0 bridgehead atoms. The van der Waals surface area contributed by atoms with Gasteiger partial charge in [0.05, 0.1) is 199 Å². The molecule has 139 heavy (non-hydrogen) atoms. The second kappa shape index (κ2) is 43.9. The van der Waals surface area contributed by atoms with Crippen LogP contribution in [0.15, 0.2) is 220 Å². The Morgan fingerprint density at radius 1 is 0.374 bits per heavy atom. The Labute approximate surface area is 807 Å². The van der Waals surface area contributed by atoms with Crippen LogP contribution in [0.1, 0.15) is 58.3 Å². The number of aromatic nitrogens is 16. The Kier molecular flexibility index (Phi) is 30.2.